The van der Waals surface area contributed by atoms with Crippen LogP contribution in [-0.2, 0) is 9.59 Å². The maximum Gasteiger partial charge on any atom is 0.225 e. The SMILES string of the molecule is C#CCCC1(CCNC(=O)CCC(=O)Nc2c(F)cccc2F)N=N1. The number of carbonyl (C=O) groups excluding carboxylic acids is 2. The lowest BCUT2D eigenvalue weighted by atomic mass is 10.0. The first-order valence-corrected chi connectivity index (χ1v) is 7.84. The molecule has 1 aliphatic heterocycles. The van der Waals surface area contributed by atoms with Crippen LogP contribution in [0, 0.1) is 24.0 Å². The Bertz CT molecular complexity index is 702. The monoisotopic (exact) mass is 348 g/mol. The number of nitrogens with zero attached hydrogens (tertiary/aromatic N) is 2. The van der Waals surface area contributed by atoms with Crippen LogP contribution in [0.25, 0.3) is 0 Å². The van der Waals surface area contributed by atoms with Gasteiger partial charge in [0.15, 0.2) is 5.66 Å². The highest BCUT2D eigenvalue weighted by molar-refractivity contribution is 5.93. The van der Waals surface area contributed by atoms with Crippen molar-refractivity contribution in [2.45, 2.75) is 37.8 Å². The minimum atomic E-state index is -0.869. The highest BCUT2D eigenvalue weighted by Crippen LogP contribution is 2.35. The Hall–Kier alpha value is -2.82. The van der Waals surface area contributed by atoms with Gasteiger partial charge in [-0.1, -0.05) is 6.07 Å². The molecule has 0 radical (unpaired) electrons. The van der Waals surface area contributed by atoms with E-state index >= 15 is 0 Å². The van der Waals surface area contributed by atoms with Gasteiger partial charge in [-0.2, -0.15) is 10.2 Å². The molecule has 2 N–H and O–H groups in total. The average Bonchev–Trinajstić information content (AvgIpc) is 3.35. The van der Waals surface area contributed by atoms with Crippen LogP contribution in [0.2, 0.25) is 0 Å². The van der Waals surface area contributed by atoms with Crippen molar-refractivity contribution in [3.8, 4) is 12.3 Å². The van der Waals surface area contributed by atoms with E-state index in [1.165, 1.54) is 6.07 Å². The molecule has 0 fully saturated rings. The van der Waals surface area contributed by atoms with Gasteiger partial charge in [-0.15, -0.1) is 12.3 Å². The van der Waals surface area contributed by atoms with Crippen molar-refractivity contribution in [2.75, 3.05) is 11.9 Å². The van der Waals surface area contributed by atoms with Crippen LogP contribution in [0.4, 0.5) is 14.5 Å². The molecule has 0 bridgehead atoms. The van der Waals surface area contributed by atoms with Crippen LogP contribution in [0.15, 0.2) is 28.4 Å². The van der Waals surface area contributed by atoms with Gasteiger partial charge in [0.05, 0.1) is 0 Å². The number of hydrogen-bond donors (Lipinski definition) is 2. The number of halogens is 2. The largest absolute Gasteiger partial charge is 0.356 e. The lowest BCUT2D eigenvalue weighted by Gasteiger charge is -2.10. The molecule has 2 amide bonds. The van der Waals surface area contributed by atoms with Crippen LogP contribution >= 0.6 is 0 Å². The normalized spacial score (nSPS) is 13.8. The number of carbonyl (C=O) groups is 2. The quantitative estimate of drug-likeness (QED) is 0.673. The first-order valence-electron chi connectivity index (χ1n) is 7.84. The van der Waals surface area contributed by atoms with Gasteiger partial charge in [0.2, 0.25) is 11.8 Å². The summed E-state index contributed by atoms with van der Waals surface area (Å²) in [6, 6.07) is 3.27. The molecule has 6 nitrogen and oxygen atoms in total. The number of amides is 2. The molecule has 0 unspecified atom stereocenters. The summed E-state index contributed by atoms with van der Waals surface area (Å²) < 4.78 is 26.8. The van der Waals surface area contributed by atoms with Crippen molar-refractivity contribution in [3.63, 3.8) is 0 Å². The molecule has 132 valence electrons. The fourth-order valence-corrected chi connectivity index (χ4v) is 2.20. The van der Waals surface area contributed by atoms with E-state index in [2.05, 4.69) is 26.8 Å². The Kier molecular flexibility index (Phi) is 6.17. The lowest BCUT2D eigenvalue weighted by molar-refractivity contribution is -0.124. The predicted molar refractivity (Wildman–Crippen MR) is 87.5 cm³/mol. The molecule has 0 aromatic heterocycles. The second-order valence-corrected chi connectivity index (χ2v) is 5.63. The van der Waals surface area contributed by atoms with Gasteiger partial charge in [-0.05, 0) is 12.1 Å². The zero-order valence-electron chi connectivity index (χ0n) is 13.5. The maximum atomic E-state index is 13.4. The molecule has 1 aromatic rings. The van der Waals surface area contributed by atoms with E-state index in [-0.39, 0.29) is 18.7 Å². The molecule has 1 aromatic carbocycles. The molecule has 25 heavy (non-hydrogen) atoms. The summed E-state index contributed by atoms with van der Waals surface area (Å²) in [7, 11) is 0. The van der Waals surface area contributed by atoms with E-state index in [9.17, 15) is 18.4 Å². The van der Waals surface area contributed by atoms with E-state index in [4.69, 9.17) is 6.42 Å². The van der Waals surface area contributed by atoms with Crippen LogP contribution in [-0.4, -0.2) is 24.0 Å². The fourth-order valence-electron chi connectivity index (χ4n) is 2.20. The van der Waals surface area contributed by atoms with Crippen LogP contribution in [0.1, 0.15) is 32.1 Å². The number of hydrogen-bond acceptors (Lipinski definition) is 4. The van der Waals surface area contributed by atoms with Gasteiger partial charge in [-0.25, -0.2) is 8.78 Å². The zero-order valence-corrected chi connectivity index (χ0v) is 13.5. The van der Waals surface area contributed by atoms with Crippen LogP contribution in [0.5, 0.6) is 0 Å². The minimum absolute atomic E-state index is 0.0897. The summed E-state index contributed by atoms with van der Waals surface area (Å²) in [5, 5.41) is 12.7. The number of nitrogens with one attached hydrogen (secondary N) is 2. The van der Waals surface area contributed by atoms with Gasteiger partial charge in [0, 0.05) is 38.6 Å². The molecule has 1 aliphatic rings. The van der Waals surface area contributed by atoms with Crippen molar-refractivity contribution >= 4 is 17.5 Å². The average molecular weight is 348 g/mol. The van der Waals surface area contributed by atoms with Crippen molar-refractivity contribution in [1.82, 2.24) is 5.32 Å². The highest BCUT2D eigenvalue weighted by atomic mass is 19.1. The molecule has 0 spiro atoms. The third-order valence-electron chi connectivity index (χ3n) is 3.71. The van der Waals surface area contributed by atoms with Crippen molar-refractivity contribution in [2.24, 2.45) is 10.2 Å². The summed E-state index contributed by atoms with van der Waals surface area (Å²) in [6.45, 7) is 0.361. The Morgan fingerprint density at radius 2 is 1.76 bits per heavy atom. The first-order chi connectivity index (χ1) is 12.0. The van der Waals surface area contributed by atoms with Crippen molar-refractivity contribution < 1.29 is 18.4 Å². The standard InChI is InChI=1S/C17H18F2N4O2/c1-2-3-9-17(22-23-17)10-11-20-14(24)7-8-15(25)21-16-12(18)5-4-6-13(16)19/h1,4-6H,3,7-11H2,(H,20,24)(H,21,25). The lowest BCUT2D eigenvalue weighted by Crippen LogP contribution is -2.29. The summed E-state index contributed by atoms with van der Waals surface area (Å²) in [5.41, 5.74) is -0.986. The molecular formula is C17H18F2N4O2. The van der Waals surface area contributed by atoms with Crippen molar-refractivity contribution in [3.05, 3.63) is 29.8 Å². The van der Waals surface area contributed by atoms with E-state index < -0.39 is 28.9 Å². The Morgan fingerprint density at radius 3 is 2.36 bits per heavy atom. The molecule has 0 aliphatic carbocycles. The predicted octanol–water partition coefficient (Wildman–Crippen LogP) is 2.77. The third kappa shape index (κ3) is 5.64. The number of para-hydroxylation sites is 1. The van der Waals surface area contributed by atoms with E-state index in [1.807, 2.05) is 0 Å². The summed E-state index contributed by atoms with van der Waals surface area (Å²) >= 11 is 0. The second-order valence-electron chi connectivity index (χ2n) is 5.63. The topological polar surface area (TPSA) is 82.9 Å². The summed E-state index contributed by atoms with van der Waals surface area (Å²) in [6.07, 6.45) is 6.68. The summed E-state index contributed by atoms with van der Waals surface area (Å²) in [4.78, 5) is 23.4. The number of benzene rings is 1. The molecule has 1 heterocycles. The molecular weight excluding hydrogens is 330 g/mol. The van der Waals surface area contributed by atoms with E-state index in [1.54, 1.807) is 0 Å². The van der Waals surface area contributed by atoms with Gasteiger partial charge in [-0.3, -0.25) is 9.59 Å². The Balaban J connectivity index is 1.66. The van der Waals surface area contributed by atoms with Crippen LogP contribution < -0.4 is 10.6 Å². The molecule has 2 rings (SSSR count). The minimum Gasteiger partial charge on any atom is -0.356 e. The zero-order chi connectivity index (χ0) is 18.3. The third-order valence-corrected chi connectivity index (χ3v) is 3.71. The van der Waals surface area contributed by atoms with Gasteiger partial charge < -0.3 is 10.6 Å². The van der Waals surface area contributed by atoms with E-state index in [0.717, 1.165) is 12.1 Å². The van der Waals surface area contributed by atoms with Gasteiger partial charge >= 0.3 is 0 Å². The Labute approximate surface area is 144 Å². The first kappa shape index (κ1) is 18.5. The Morgan fingerprint density at radius 1 is 1.12 bits per heavy atom. The molecule has 0 saturated carbocycles. The molecule has 8 heteroatoms. The number of anilines is 1. The number of rotatable bonds is 9. The smallest absolute Gasteiger partial charge is 0.225 e. The van der Waals surface area contributed by atoms with Crippen molar-refractivity contribution in [1.29, 1.82) is 0 Å². The molecule has 0 atom stereocenters. The van der Waals surface area contributed by atoms with E-state index in [0.29, 0.717) is 25.8 Å². The van der Waals surface area contributed by atoms with Gasteiger partial charge in [0.1, 0.15) is 17.3 Å². The number of terminal acetylenes is 1. The fraction of sp³-hybridized carbons (Fsp3) is 0.412. The summed E-state index contributed by atoms with van der Waals surface area (Å²) in [5.74, 6) is -0.197. The molecule has 0 saturated heterocycles. The van der Waals surface area contributed by atoms with Gasteiger partial charge in [0.25, 0.3) is 0 Å². The second kappa shape index (κ2) is 8.33. The highest BCUT2D eigenvalue weighted by Gasteiger charge is 2.38. The maximum absolute atomic E-state index is 13.4. The van der Waals surface area contributed by atoms with Crippen LogP contribution in [0.3, 0.4) is 0 Å².